The van der Waals surface area contributed by atoms with E-state index < -0.39 is 11.9 Å². The molecule has 0 amide bonds. The predicted molar refractivity (Wildman–Crippen MR) is 51.3 cm³/mol. The van der Waals surface area contributed by atoms with Crippen LogP contribution in [-0.2, 0) is 21.9 Å². The van der Waals surface area contributed by atoms with Gasteiger partial charge in [-0.05, 0) is 5.57 Å². The zero-order chi connectivity index (χ0) is 12.0. The molecule has 1 aliphatic carbocycles. The van der Waals surface area contributed by atoms with E-state index in [1.165, 1.54) is 6.08 Å². The molecule has 1 aromatic rings. The number of hydrogen-bond donors (Lipinski definition) is 0. The smallest absolute Gasteiger partial charge is 0.884 e. The number of rotatable bonds is 1. The van der Waals surface area contributed by atoms with Crippen molar-refractivity contribution >= 4 is 5.97 Å². The first kappa shape index (κ1) is 15.2. The van der Waals surface area contributed by atoms with Crippen molar-refractivity contribution < 1.29 is 37.2 Å². The van der Waals surface area contributed by atoms with Crippen molar-refractivity contribution in [3.05, 3.63) is 65.7 Å². The van der Waals surface area contributed by atoms with Crippen molar-refractivity contribution in [1.29, 1.82) is 0 Å². The SMILES string of the molecule is O=C([O-])C1=CC=CC1=C([O-])[O-].[Fe+2].c1cc[cH-]c1. The topological polar surface area (TPSA) is 86.2 Å². The molecule has 0 saturated heterocycles. The summed E-state index contributed by atoms with van der Waals surface area (Å²) in [6, 6.07) is 10.0. The Hall–Kier alpha value is -1.84. The number of carbonyl (C=O) groups is 1. The molecule has 0 saturated carbocycles. The molecule has 0 heterocycles. The van der Waals surface area contributed by atoms with Crippen LogP contribution in [0.5, 0.6) is 0 Å². The first-order valence-corrected chi connectivity index (χ1v) is 4.48. The van der Waals surface area contributed by atoms with E-state index in [0.29, 0.717) is 0 Å². The third-order valence-electron chi connectivity index (χ3n) is 1.81. The quantitative estimate of drug-likeness (QED) is 0.356. The van der Waals surface area contributed by atoms with E-state index in [1.807, 2.05) is 30.3 Å². The molecule has 90 valence electrons. The molecule has 17 heavy (non-hydrogen) atoms. The summed E-state index contributed by atoms with van der Waals surface area (Å²) < 4.78 is 0. The van der Waals surface area contributed by atoms with Crippen molar-refractivity contribution in [3.8, 4) is 0 Å². The fraction of sp³-hybridized carbons (Fsp3) is 0. The normalized spacial score (nSPS) is 12.0. The number of carboxylic acids is 1. The largest absolute Gasteiger partial charge is 2.00 e. The van der Waals surface area contributed by atoms with Gasteiger partial charge in [0.1, 0.15) is 0 Å². The molecule has 0 bridgehead atoms. The number of allylic oxidation sites excluding steroid dienone is 3. The first-order chi connectivity index (χ1) is 7.63. The molecule has 0 spiro atoms. The van der Waals surface area contributed by atoms with Crippen LogP contribution in [0.25, 0.3) is 0 Å². The van der Waals surface area contributed by atoms with Crippen LogP contribution in [0.3, 0.4) is 0 Å². The summed E-state index contributed by atoms with van der Waals surface area (Å²) in [6.45, 7) is 0. The molecule has 0 radical (unpaired) electrons. The summed E-state index contributed by atoms with van der Waals surface area (Å²) >= 11 is 0. The van der Waals surface area contributed by atoms with Crippen LogP contribution in [0.2, 0.25) is 0 Å². The first-order valence-electron chi connectivity index (χ1n) is 4.48. The van der Waals surface area contributed by atoms with Crippen LogP contribution in [0.15, 0.2) is 65.7 Å². The van der Waals surface area contributed by atoms with Crippen LogP contribution in [0, 0.1) is 0 Å². The summed E-state index contributed by atoms with van der Waals surface area (Å²) in [5.74, 6) is -3.01. The van der Waals surface area contributed by atoms with Crippen molar-refractivity contribution in [2.24, 2.45) is 0 Å². The van der Waals surface area contributed by atoms with Gasteiger partial charge in [-0.2, -0.15) is 24.1 Å². The summed E-state index contributed by atoms with van der Waals surface area (Å²) in [7, 11) is 0. The van der Waals surface area contributed by atoms with Gasteiger partial charge < -0.3 is 20.1 Å². The fourth-order valence-corrected chi connectivity index (χ4v) is 1.10. The van der Waals surface area contributed by atoms with E-state index in [-0.39, 0.29) is 28.2 Å². The van der Waals surface area contributed by atoms with E-state index >= 15 is 0 Å². The van der Waals surface area contributed by atoms with Crippen LogP contribution in [0.4, 0.5) is 0 Å². The maximum Gasteiger partial charge on any atom is 2.00 e. The maximum atomic E-state index is 10.2. The minimum Gasteiger partial charge on any atom is -0.884 e. The Labute approximate surface area is 109 Å². The van der Waals surface area contributed by atoms with Crippen LogP contribution >= 0.6 is 0 Å². The standard InChI is InChI=1S/C7H6O4.C5H5.Fe/c8-6(9)4-2-1-3-5(4)7(10)11;1-2-4-5-3-1;/h1-3,8-9H,(H,10,11);1-5H;/q;-1;+2/p-3. The second-order valence-corrected chi connectivity index (χ2v) is 2.89. The second-order valence-electron chi connectivity index (χ2n) is 2.89. The van der Waals surface area contributed by atoms with Crippen molar-refractivity contribution in [2.75, 3.05) is 0 Å². The third-order valence-corrected chi connectivity index (χ3v) is 1.81. The second kappa shape index (κ2) is 7.44. The molecule has 0 fully saturated rings. The molecular weight excluding hydrogens is 264 g/mol. The Morgan fingerprint density at radius 3 is 2.00 bits per heavy atom. The molecule has 4 nitrogen and oxygen atoms in total. The molecule has 0 unspecified atom stereocenters. The van der Waals surface area contributed by atoms with Crippen molar-refractivity contribution in [2.45, 2.75) is 0 Å². The molecule has 0 aromatic heterocycles. The zero-order valence-corrected chi connectivity index (χ0v) is 9.71. The number of hydrogen-bond acceptors (Lipinski definition) is 4. The van der Waals surface area contributed by atoms with E-state index in [9.17, 15) is 20.1 Å². The minimum atomic E-state index is -1.51. The van der Waals surface area contributed by atoms with Gasteiger partial charge in [0.25, 0.3) is 0 Å². The van der Waals surface area contributed by atoms with Gasteiger partial charge in [0, 0.05) is 5.57 Å². The third kappa shape index (κ3) is 4.68. The molecule has 0 atom stereocenters. The van der Waals surface area contributed by atoms with Gasteiger partial charge in [0.05, 0.1) is 5.97 Å². The van der Waals surface area contributed by atoms with E-state index in [1.54, 1.807) is 0 Å². The molecule has 2 rings (SSSR count). The van der Waals surface area contributed by atoms with Gasteiger partial charge >= 0.3 is 17.1 Å². The Balaban J connectivity index is 0.000000360. The molecule has 1 aliphatic rings. The van der Waals surface area contributed by atoms with Gasteiger partial charge in [-0.25, -0.2) is 12.1 Å². The van der Waals surface area contributed by atoms with Crippen LogP contribution < -0.4 is 15.3 Å². The van der Waals surface area contributed by atoms with Crippen molar-refractivity contribution in [3.63, 3.8) is 0 Å². The summed E-state index contributed by atoms with van der Waals surface area (Å²) in [4.78, 5) is 10.2. The van der Waals surface area contributed by atoms with E-state index in [0.717, 1.165) is 12.2 Å². The molecule has 0 N–H and O–H groups in total. The van der Waals surface area contributed by atoms with Crippen LogP contribution in [0.1, 0.15) is 0 Å². The van der Waals surface area contributed by atoms with E-state index in [4.69, 9.17) is 0 Å². The molecule has 5 heteroatoms. The molecular formula is C12H8FeO4-2. The molecule has 0 aliphatic heterocycles. The average molecular weight is 272 g/mol. The van der Waals surface area contributed by atoms with Gasteiger partial charge in [0.2, 0.25) is 0 Å². The van der Waals surface area contributed by atoms with Gasteiger partial charge in [-0.3, -0.25) is 0 Å². The van der Waals surface area contributed by atoms with Gasteiger partial charge in [-0.15, -0.1) is 0 Å². The van der Waals surface area contributed by atoms with Crippen LogP contribution in [-0.4, -0.2) is 5.97 Å². The number of carboxylic acid groups (broad SMARTS) is 1. The van der Waals surface area contributed by atoms with E-state index in [2.05, 4.69) is 0 Å². The Morgan fingerprint density at radius 2 is 1.71 bits per heavy atom. The summed E-state index contributed by atoms with van der Waals surface area (Å²) in [5, 5.41) is 30.6. The Kier molecular flexibility index (Phi) is 6.63. The Bertz CT molecular complexity index is 420. The fourth-order valence-electron chi connectivity index (χ4n) is 1.10. The summed E-state index contributed by atoms with van der Waals surface area (Å²) in [5.41, 5.74) is -0.685. The summed E-state index contributed by atoms with van der Waals surface area (Å²) in [6.07, 6.45) is 3.62. The molecule has 1 aromatic carbocycles. The van der Waals surface area contributed by atoms with Crippen molar-refractivity contribution in [1.82, 2.24) is 0 Å². The number of carbonyl (C=O) groups excluding carboxylic acids is 1. The predicted octanol–water partition coefficient (Wildman–Crippen LogP) is -1.43. The van der Waals surface area contributed by atoms with Gasteiger partial charge in [-0.1, -0.05) is 18.2 Å². The Morgan fingerprint density at radius 1 is 1.12 bits per heavy atom. The maximum absolute atomic E-state index is 10.2. The number of aliphatic carboxylic acids is 1. The zero-order valence-electron chi connectivity index (χ0n) is 8.61. The average Bonchev–Trinajstić information content (AvgIpc) is 2.92. The minimum absolute atomic E-state index is 0. The monoisotopic (exact) mass is 272 g/mol. The van der Waals surface area contributed by atoms with Gasteiger partial charge in [0.15, 0.2) is 0 Å².